The Balaban J connectivity index is 1.46. The van der Waals surface area contributed by atoms with E-state index in [0.29, 0.717) is 25.1 Å². The molecular formula is C26H36ClN3O3. The van der Waals surface area contributed by atoms with Crippen molar-refractivity contribution in [2.75, 3.05) is 13.2 Å². The third kappa shape index (κ3) is 5.97. The summed E-state index contributed by atoms with van der Waals surface area (Å²) in [6.45, 7) is 9.13. The van der Waals surface area contributed by atoms with E-state index in [1.54, 1.807) is 0 Å². The number of nitrogens with one attached hydrogen (secondary N) is 1. The molecule has 1 aliphatic heterocycles. The molecule has 1 amide bonds. The van der Waals surface area contributed by atoms with Gasteiger partial charge in [0.15, 0.2) is 5.89 Å². The van der Waals surface area contributed by atoms with Gasteiger partial charge < -0.3 is 14.5 Å². The zero-order valence-electron chi connectivity index (χ0n) is 20.1. The van der Waals surface area contributed by atoms with Crippen molar-refractivity contribution in [2.24, 2.45) is 0 Å². The molecule has 1 saturated carbocycles. The van der Waals surface area contributed by atoms with Gasteiger partial charge in [-0.3, -0.25) is 9.69 Å². The van der Waals surface area contributed by atoms with Crippen LogP contribution in [0.1, 0.15) is 68.4 Å². The molecule has 0 spiro atoms. The van der Waals surface area contributed by atoms with Crippen LogP contribution in [0.5, 0.6) is 0 Å². The number of oxazole rings is 1. The summed E-state index contributed by atoms with van der Waals surface area (Å²) in [6, 6.07) is 8.82. The normalized spacial score (nSPS) is 26.5. The van der Waals surface area contributed by atoms with Gasteiger partial charge in [-0.15, -0.1) is 0 Å². The number of morpholine rings is 1. The van der Waals surface area contributed by atoms with Crippen LogP contribution in [-0.4, -0.2) is 53.2 Å². The minimum Gasteiger partial charge on any atom is -0.445 e. The average Bonchev–Trinajstić information content (AvgIpc) is 3.13. The molecule has 7 heteroatoms. The lowest BCUT2D eigenvalue weighted by atomic mass is 9.84. The number of ether oxygens (including phenoxy) is 1. The van der Waals surface area contributed by atoms with Crippen LogP contribution >= 0.6 is 11.6 Å². The van der Waals surface area contributed by atoms with Gasteiger partial charge in [-0.05, 0) is 77.5 Å². The van der Waals surface area contributed by atoms with E-state index in [9.17, 15) is 4.79 Å². The summed E-state index contributed by atoms with van der Waals surface area (Å²) in [6.07, 6.45) is 4.70. The molecule has 1 aromatic heterocycles. The van der Waals surface area contributed by atoms with Gasteiger partial charge in [0.05, 0.1) is 12.3 Å². The quantitative estimate of drug-likeness (QED) is 0.652. The standard InChI is InChI=1S/C26H36ClN3O3/c1-16(2)28-25(31)24-14-30(23(15-32-24)13-19-5-9-21(27)10-6-19)22-11-7-20(8-12-22)26-29-17(3)18(4)33-26/h5-6,9-10,16,20,22-24H,7-8,11-15H2,1-4H3,(H,28,31)/t20?,22?,23-,24+/m0/s1. The third-order valence-corrected chi connectivity index (χ3v) is 7.26. The van der Waals surface area contributed by atoms with Crippen LogP contribution < -0.4 is 5.32 Å². The van der Waals surface area contributed by atoms with Crippen molar-refractivity contribution in [1.82, 2.24) is 15.2 Å². The second-order valence-electron chi connectivity index (χ2n) is 9.87. The number of aryl methyl sites for hydroxylation is 2. The lowest BCUT2D eigenvalue weighted by Gasteiger charge is -2.45. The highest BCUT2D eigenvalue weighted by Crippen LogP contribution is 2.36. The molecule has 1 saturated heterocycles. The number of nitrogens with zero attached hydrogens (tertiary/aromatic N) is 2. The van der Waals surface area contributed by atoms with E-state index >= 15 is 0 Å². The van der Waals surface area contributed by atoms with Crippen LogP contribution in [0.3, 0.4) is 0 Å². The molecule has 2 aromatic rings. The Morgan fingerprint density at radius 2 is 1.88 bits per heavy atom. The highest BCUT2D eigenvalue weighted by atomic mass is 35.5. The van der Waals surface area contributed by atoms with Gasteiger partial charge in [0.25, 0.3) is 5.91 Å². The van der Waals surface area contributed by atoms with Crippen LogP contribution in [0.15, 0.2) is 28.7 Å². The molecule has 0 radical (unpaired) electrons. The van der Waals surface area contributed by atoms with Crippen LogP contribution in [0.2, 0.25) is 5.02 Å². The number of aromatic nitrogens is 1. The zero-order valence-corrected chi connectivity index (χ0v) is 20.9. The van der Waals surface area contributed by atoms with Gasteiger partial charge in [0.1, 0.15) is 11.9 Å². The number of carbonyl (C=O) groups excluding carboxylic acids is 1. The number of hydrogen-bond donors (Lipinski definition) is 1. The van der Waals surface area contributed by atoms with Gasteiger partial charge in [0, 0.05) is 35.6 Å². The van der Waals surface area contributed by atoms with E-state index in [1.165, 1.54) is 5.56 Å². The molecule has 2 atom stereocenters. The largest absolute Gasteiger partial charge is 0.445 e. The number of hydrogen-bond acceptors (Lipinski definition) is 5. The molecule has 0 bridgehead atoms. The second-order valence-corrected chi connectivity index (χ2v) is 10.3. The van der Waals surface area contributed by atoms with Gasteiger partial charge in [-0.25, -0.2) is 4.98 Å². The number of amides is 1. The van der Waals surface area contributed by atoms with E-state index in [-0.39, 0.29) is 18.0 Å². The average molecular weight is 474 g/mol. The fraction of sp³-hybridized carbons (Fsp3) is 0.615. The van der Waals surface area contributed by atoms with Crippen molar-refractivity contribution in [3.63, 3.8) is 0 Å². The molecule has 2 aliphatic rings. The SMILES string of the molecule is Cc1nc(C2CCC(N3C[C@H](C(=O)NC(C)C)OC[C@@H]3Cc3ccc(Cl)cc3)CC2)oc1C. The molecular weight excluding hydrogens is 438 g/mol. The molecule has 6 nitrogen and oxygen atoms in total. The predicted molar refractivity (Wildman–Crippen MR) is 130 cm³/mol. The maximum atomic E-state index is 12.7. The molecule has 1 aliphatic carbocycles. The van der Waals surface area contributed by atoms with E-state index in [1.807, 2.05) is 39.8 Å². The summed E-state index contributed by atoms with van der Waals surface area (Å²) in [5.41, 5.74) is 2.23. The molecule has 33 heavy (non-hydrogen) atoms. The van der Waals surface area contributed by atoms with Crippen molar-refractivity contribution in [3.05, 3.63) is 52.2 Å². The Bertz CT molecular complexity index is 915. The van der Waals surface area contributed by atoms with E-state index in [2.05, 4.69) is 27.3 Å². The van der Waals surface area contributed by atoms with Crippen LogP contribution in [0.4, 0.5) is 0 Å². The zero-order chi connectivity index (χ0) is 23.5. The summed E-state index contributed by atoms with van der Waals surface area (Å²) in [5.74, 6) is 2.17. The third-order valence-electron chi connectivity index (χ3n) is 7.00. The molecule has 1 N–H and O–H groups in total. The first-order valence-corrected chi connectivity index (χ1v) is 12.5. The lowest BCUT2D eigenvalue weighted by molar-refractivity contribution is -0.145. The summed E-state index contributed by atoms with van der Waals surface area (Å²) >= 11 is 6.08. The van der Waals surface area contributed by atoms with Crippen molar-refractivity contribution in [3.8, 4) is 0 Å². The molecule has 2 fully saturated rings. The number of carbonyl (C=O) groups is 1. The highest BCUT2D eigenvalue weighted by molar-refractivity contribution is 6.30. The first kappa shape index (κ1) is 24.2. The molecule has 0 unspecified atom stereocenters. The number of rotatable bonds is 6. The molecule has 180 valence electrons. The smallest absolute Gasteiger partial charge is 0.250 e. The van der Waals surface area contributed by atoms with Gasteiger partial charge >= 0.3 is 0 Å². The van der Waals surface area contributed by atoms with E-state index < -0.39 is 6.10 Å². The second kappa shape index (κ2) is 10.6. The Morgan fingerprint density at radius 3 is 2.48 bits per heavy atom. The monoisotopic (exact) mass is 473 g/mol. The molecule has 4 rings (SSSR count). The molecule has 2 heterocycles. The van der Waals surface area contributed by atoms with Crippen LogP contribution in [0, 0.1) is 13.8 Å². The minimum atomic E-state index is -0.427. The van der Waals surface area contributed by atoms with Crippen molar-refractivity contribution < 1.29 is 13.9 Å². The van der Waals surface area contributed by atoms with Crippen molar-refractivity contribution >= 4 is 17.5 Å². The molecule has 1 aromatic carbocycles. The summed E-state index contributed by atoms with van der Waals surface area (Å²) in [7, 11) is 0. The Hall–Kier alpha value is -1.89. The van der Waals surface area contributed by atoms with Gasteiger partial charge in [0.2, 0.25) is 0 Å². The fourth-order valence-corrected chi connectivity index (χ4v) is 5.22. The summed E-state index contributed by atoms with van der Waals surface area (Å²) < 4.78 is 12.0. The first-order chi connectivity index (χ1) is 15.8. The van der Waals surface area contributed by atoms with Gasteiger partial charge in [-0.2, -0.15) is 0 Å². The Labute approximate surface area is 202 Å². The maximum Gasteiger partial charge on any atom is 0.250 e. The van der Waals surface area contributed by atoms with Crippen molar-refractivity contribution in [2.45, 2.75) is 89.9 Å². The topological polar surface area (TPSA) is 67.6 Å². The Morgan fingerprint density at radius 1 is 1.18 bits per heavy atom. The Kier molecular flexibility index (Phi) is 7.77. The summed E-state index contributed by atoms with van der Waals surface area (Å²) in [4.78, 5) is 19.9. The van der Waals surface area contributed by atoms with Crippen LogP contribution in [0.25, 0.3) is 0 Å². The fourth-order valence-electron chi connectivity index (χ4n) is 5.09. The van der Waals surface area contributed by atoms with Crippen LogP contribution in [-0.2, 0) is 16.0 Å². The first-order valence-electron chi connectivity index (χ1n) is 12.2. The highest BCUT2D eigenvalue weighted by Gasteiger charge is 2.38. The van der Waals surface area contributed by atoms with Crippen molar-refractivity contribution in [1.29, 1.82) is 0 Å². The predicted octanol–water partition coefficient (Wildman–Crippen LogP) is 4.81. The number of benzene rings is 1. The maximum absolute atomic E-state index is 12.7. The van der Waals surface area contributed by atoms with E-state index in [0.717, 1.165) is 54.5 Å². The lowest BCUT2D eigenvalue weighted by Crippen LogP contribution is -2.59. The van der Waals surface area contributed by atoms with Gasteiger partial charge in [-0.1, -0.05) is 23.7 Å². The minimum absolute atomic E-state index is 0.0145. The summed E-state index contributed by atoms with van der Waals surface area (Å²) in [5, 5.41) is 3.76. The van der Waals surface area contributed by atoms with E-state index in [4.69, 9.17) is 20.8 Å². The number of halogens is 1.